The maximum atomic E-state index is 11.7. The Hall–Kier alpha value is -1.59. The van der Waals surface area contributed by atoms with E-state index in [1.165, 1.54) is 0 Å². The van der Waals surface area contributed by atoms with Crippen LogP contribution in [0.3, 0.4) is 0 Å². The van der Waals surface area contributed by atoms with E-state index in [2.05, 4.69) is 10.2 Å². The van der Waals surface area contributed by atoms with Crippen molar-refractivity contribution in [2.45, 2.75) is 0 Å². The van der Waals surface area contributed by atoms with Gasteiger partial charge in [0.15, 0.2) is 0 Å². The summed E-state index contributed by atoms with van der Waals surface area (Å²) in [4.78, 5) is 13.8. The van der Waals surface area contributed by atoms with Gasteiger partial charge in [-0.1, -0.05) is 18.2 Å². The Balaban J connectivity index is 1.56. The third kappa shape index (κ3) is 5.28. The molecule has 0 saturated carbocycles. The van der Waals surface area contributed by atoms with E-state index in [1.807, 2.05) is 30.3 Å². The molecule has 1 amide bonds. The fourth-order valence-electron chi connectivity index (χ4n) is 1.89. The summed E-state index contributed by atoms with van der Waals surface area (Å²) in [6.07, 6.45) is 0. The molecule has 0 radical (unpaired) electrons. The summed E-state index contributed by atoms with van der Waals surface area (Å²) < 4.78 is 10.7. The van der Waals surface area contributed by atoms with E-state index in [0.717, 1.165) is 18.8 Å². The van der Waals surface area contributed by atoms with Crippen molar-refractivity contribution >= 4 is 5.91 Å². The summed E-state index contributed by atoms with van der Waals surface area (Å²) >= 11 is 0. The van der Waals surface area contributed by atoms with Crippen molar-refractivity contribution in [3.05, 3.63) is 30.3 Å². The third-order valence-electron chi connectivity index (χ3n) is 2.91. The Bertz CT molecular complexity index is 378. The van der Waals surface area contributed by atoms with E-state index in [9.17, 15) is 4.79 Å². The van der Waals surface area contributed by atoms with Gasteiger partial charge in [0.25, 0.3) is 0 Å². The molecule has 0 bridgehead atoms. The number of rotatable bonds is 6. The van der Waals surface area contributed by atoms with Gasteiger partial charge in [-0.05, 0) is 12.1 Å². The minimum absolute atomic E-state index is 0.0403. The molecule has 0 aliphatic carbocycles. The lowest BCUT2D eigenvalue weighted by Gasteiger charge is -2.25. The van der Waals surface area contributed by atoms with Crippen molar-refractivity contribution in [3.63, 3.8) is 0 Å². The molecule has 5 nitrogen and oxygen atoms in total. The Morgan fingerprint density at radius 1 is 1.26 bits per heavy atom. The standard InChI is InChI=1S/C14H20N2O3/c17-14(12-16-7-10-18-11-8-16)15-6-9-19-13-4-2-1-3-5-13/h1-5H,6-12H2,(H,15,17). The highest BCUT2D eigenvalue weighted by Gasteiger charge is 2.13. The molecular formula is C14H20N2O3. The molecule has 1 saturated heterocycles. The highest BCUT2D eigenvalue weighted by atomic mass is 16.5. The predicted octanol–water partition coefficient (Wildman–Crippen LogP) is 0.514. The van der Waals surface area contributed by atoms with E-state index in [1.54, 1.807) is 0 Å². The third-order valence-corrected chi connectivity index (χ3v) is 2.91. The first kappa shape index (κ1) is 13.8. The first-order valence-corrected chi connectivity index (χ1v) is 6.59. The molecule has 1 fully saturated rings. The SMILES string of the molecule is O=C(CN1CCOCC1)NCCOc1ccccc1. The van der Waals surface area contributed by atoms with Crippen LogP contribution in [0, 0.1) is 0 Å². The first-order chi connectivity index (χ1) is 9.34. The van der Waals surface area contributed by atoms with Crippen LogP contribution >= 0.6 is 0 Å². The van der Waals surface area contributed by atoms with Gasteiger partial charge in [0.05, 0.1) is 26.3 Å². The molecule has 1 aliphatic rings. The van der Waals surface area contributed by atoms with Crippen molar-refractivity contribution in [2.24, 2.45) is 0 Å². The van der Waals surface area contributed by atoms with E-state index >= 15 is 0 Å². The van der Waals surface area contributed by atoms with Crippen LogP contribution in [0.2, 0.25) is 0 Å². The molecule has 0 atom stereocenters. The van der Waals surface area contributed by atoms with Crippen LogP contribution in [0.5, 0.6) is 5.75 Å². The van der Waals surface area contributed by atoms with Crippen LogP contribution < -0.4 is 10.1 Å². The fraction of sp³-hybridized carbons (Fsp3) is 0.500. The summed E-state index contributed by atoms with van der Waals surface area (Å²) in [6, 6.07) is 9.58. The number of hydrogen-bond donors (Lipinski definition) is 1. The fourth-order valence-corrected chi connectivity index (χ4v) is 1.89. The molecule has 1 aromatic carbocycles. The van der Waals surface area contributed by atoms with E-state index in [0.29, 0.717) is 32.9 Å². The Morgan fingerprint density at radius 3 is 2.74 bits per heavy atom. The number of carbonyl (C=O) groups excluding carboxylic acids is 1. The number of amides is 1. The molecule has 0 unspecified atom stereocenters. The first-order valence-electron chi connectivity index (χ1n) is 6.59. The lowest BCUT2D eigenvalue weighted by molar-refractivity contribution is -0.123. The number of morpholine rings is 1. The molecule has 1 aliphatic heterocycles. The van der Waals surface area contributed by atoms with Gasteiger partial charge in [0, 0.05) is 13.1 Å². The van der Waals surface area contributed by atoms with Crippen molar-refractivity contribution in [2.75, 3.05) is 46.0 Å². The zero-order chi connectivity index (χ0) is 13.3. The summed E-state index contributed by atoms with van der Waals surface area (Å²) in [5.41, 5.74) is 0. The molecule has 1 heterocycles. The normalized spacial score (nSPS) is 16.0. The minimum atomic E-state index is 0.0403. The quantitative estimate of drug-likeness (QED) is 0.761. The average molecular weight is 264 g/mol. The van der Waals surface area contributed by atoms with Gasteiger partial charge in [0.1, 0.15) is 12.4 Å². The van der Waals surface area contributed by atoms with Gasteiger partial charge in [-0.25, -0.2) is 0 Å². The van der Waals surface area contributed by atoms with Crippen LogP contribution in [-0.2, 0) is 9.53 Å². The Labute approximate surface area is 113 Å². The average Bonchev–Trinajstić information content (AvgIpc) is 2.46. The maximum Gasteiger partial charge on any atom is 0.234 e. The number of benzene rings is 1. The Kier molecular flexibility index (Phi) is 5.65. The van der Waals surface area contributed by atoms with E-state index in [4.69, 9.17) is 9.47 Å². The second kappa shape index (κ2) is 7.76. The number of hydrogen-bond acceptors (Lipinski definition) is 4. The van der Waals surface area contributed by atoms with Crippen LogP contribution in [0.4, 0.5) is 0 Å². The van der Waals surface area contributed by atoms with Gasteiger partial charge in [-0.2, -0.15) is 0 Å². The van der Waals surface area contributed by atoms with Crippen LogP contribution in [0.15, 0.2) is 30.3 Å². The zero-order valence-electron chi connectivity index (χ0n) is 11.0. The lowest BCUT2D eigenvalue weighted by Crippen LogP contribution is -2.43. The highest BCUT2D eigenvalue weighted by Crippen LogP contribution is 2.07. The van der Waals surface area contributed by atoms with Crippen molar-refractivity contribution in [1.82, 2.24) is 10.2 Å². The number of carbonyl (C=O) groups is 1. The van der Waals surface area contributed by atoms with Gasteiger partial charge < -0.3 is 14.8 Å². The maximum absolute atomic E-state index is 11.7. The second-order valence-corrected chi connectivity index (χ2v) is 4.40. The molecule has 104 valence electrons. The molecule has 0 aromatic heterocycles. The van der Waals surface area contributed by atoms with Gasteiger partial charge >= 0.3 is 0 Å². The molecule has 1 N–H and O–H groups in total. The number of nitrogens with zero attached hydrogens (tertiary/aromatic N) is 1. The Morgan fingerprint density at radius 2 is 2.00 bits per heavy atom. The summed E-state index contributed by atoms with van der Waals surface area (Å²) in [7, 11) is 0. The number of ether oxygens (including phenoxy) is 2. The smallest absolute Gasteiger partial charge is 0.234 e. The largest absolute Gasteiger partial charge is 0.492 e. The summed E-state index contributed by atoms with van der Waals surface area (Å²) in [5.74, 6) is 0.864. The number of para-hydroxylation sites is 1. The van der Waals surface area contributed by atoms with Crippen molar-refractivity contribution in [1.29, 1.82) is 0 Å². The lowest BCUT2D eigenvalue weighted by atomic mass is 10.3. The van der Waals surface area contributed by atoms with Crippen LogP contribution in [-0.4, -0.2) is 56.8 Å². The van der Waals surface area contributed by atoms with Crippen LogP contribution in [0.1, 0.15) is 0 Å². The van der Waals surface area contributed by atoms with Gasteiger partial charge in [-0.15, -0.1) is 0 Å². The summed E-state index contributed by atoms with van der Waals surface area (Å²) in [6.45, 7) is 4.53. The molecule has 19 heavy (non-hydrogen) atoms. The van der Waals surface area contributed by atoms with Crippen molar-refractivity contribution in [3.8, 4) is 5.75 Å². The van der Waals surface area contributed by atoms with E-state index in [-0.39, 0.29) is 5.91 Å². The zero-order valence-corrected chi connectivity index (χ0v) is 11.0. The molecule has 2 rings (SSSR count). The minimum Gasteiger partial charge on any atom is -0.492 e. The van der Waals surface area contributed by atoms with Gasteiger partial charge in [-0.3, -0.25) is 9.69 Å². The molecule has 1 aromatic rings. The van der Waals surface area contributed by atoms with Crippen LogP contribution in [0.25, 0.3) is 0 Å². The number of nitrogens with one attached hydrogen (secondary N) is 1. The predicted molar refractivity (Wildman–Crippen MR) is 72.2 cm³/mol. The highest BCUT2D eigenvalue weighted by molar-refractivity contribution is 5.77. The van der Waals surface area contributed by atoms with Gasteiger partial charge in [0.2, 0.25) is 5.91 Å². The summed E-state index contributed by atoms with van der Waals surface area (Å²) in [5, 5.41) is 2.85. The monoisotopic (exact) mass is 264 g/mol. The molecule has 0 spiro atoms. The van der Waals surface area contributed by atoms with Crippen molar-refractivity contribution < 1.29 is 14.3 Å². The molecular weight excluding hydrogens is 244 g/mol. The topological polar surface area (TPSA) is 50.8 Å². The van der Waals surface area contributed by atoms with E-state index < -0.39 is 0 Å². The second-order valence-electron chi connectivity index (χ2n) is 4.40. The molecule has 5 heteroatoms.